The van der Waals surface area contributed by atoms with E-state index in [1.807, 2.05) is 54.1 Å². The summed E-state index contributed by atoms with van der Waals surface area (Å²) >= 11 is 0. The number of nitrogens with one attached hydrogen (secondary N) is 1. The van der Waals surface area contributed by atoms with Crippen molar-refractivity contribution in [3.63, 3.8) is 0 Å². The molecule has 1 aliphatic heterocycles. The van der Waals surface area contributed by atoms with Gasteiger partial charge >= 0.3 is 0 Å². The number of anilines is 2. The van der Waals surface area contributed by atoms with Crippen LogP contribution in [0.5, 0.6) is 0 Å². The van der Waals surface area contributed by atoms with Gasteiger partial charge < -0.3 is 5.32 Å². The number of pyridine rings is 1. The van der Waals surface area contributed by atoms with E-state index >= 15 is 0 Å². The number of rotatable bonds is 5. The predicted molar refractivity (Wildman–Crippen MR) is 111 cm³/mol. The van der Waals surface area contributed by atoms with E-state index in [1.165, 1.54) is 0 Å². The van der Waals surface area contributed by atoms with Gasteiger partial charge in [0.15, 0.2) is 0 Å². The van der Waals surface area contributed by atoms with Crippen molar-refractivity contribution in [2.24, 2.45) is 0 Å². The molecule has 7 heteroatoms. The maximum absolute atomic E-state index is 12.6. The topological polar surface area (TPSA) is 80.1 Å². The molecule has 0 unspecified atom stereocenters. The zero-order valence-electron chi connectivity index (χ0n) is 16.3. The van der Waals surface area contributed by atoms with E-state index in [2.05, 4.69) is 15.4 Å². The highest BCUT2D eigenvalue weighted by molar-refractivity contribution is 5.98. The van der Waals surface area contributed by atoms with Crippen LogP contribution in [0.15, 0.2) is 54.9 Å². The Labute approximate surface area is 169 Å². The first kappa shape index (κ1) is 18.9. The standard InChI is InChI=1S/C22H23N5O2/c1-16-14-21-26(12-3-13-27(21)25-16)22(29)10-9-20(28)24-19-7-5-17(6-8-19)18-4-2-11-23-15-18/h2,4-8,11,14-15H,3,9-10,12-13H2,1H3,(H,24,28). The van der Waals surface area contributed by atoms with Gasteiger partial charge in [-0.05, 0) is 42.7 Å². The number of fused-ring (bicyclic) bond motifs is 1. The summed E-state index contributed by atoms with van der Waals surface area (Å²) in [4.78, 5) is 30.8. The minimum atomic E-state index is -0.172. The van der Waals surface area contributed by atoms with Crippen molar-refractivity contribution in [1.82, 2.24) is 14.8 Å². The van der Waals surface area contributed by atoms with Crippen LogP contribution in [0, 0.1) is 6.92 Å². The highest BCUT2D eigenvalue weighted by Crippen LogP contribution is 2.23. The number of hydrogen-bond acceptors (Lipinski definition) is 4. The van der Waals surface area contributed by atoms with Gasteiger partial charge in [-0.15, -0.1) is 0 Å². The molecule has 1 aliphatic rings. The Hall–Kier alpha value is -3.48. The van der Waals surface area contributed by atoms with Gasteiger partial charge in [0.25, 0.3) is 0 Å². The number of hydrogen-bond donors (Lipinski definition) is 1. The molecule has 1 aromatic carbocycles. The van der Waals surface area contributed by atoms with E-state index in [-0.39, 0.29) is 24.7 Å². The number of carbonyl (C=O) groups excluding carboxylic acids is 2. The van der Waals surface area contributed by atoms with Crippen molar-refractivity contribution < 1.29 is 9.59 Å². The first-order valence-electron chi connectivity index (χ1n) is 9.75. The average molecular weight is 389 g/mol. The third-order valence-corrected chi connectivity index (χ3v) is 4.94. The van der Waals surface area contributed by atoms with Crippen LogP contribution in [-0.4, -0.2) is 33.1 Å². The lowest BCUT2D eigenvalue weighted by molar-refractivity contribution is -0.122. The highest BCUT2D eigenvalue weighted by Gasteiger charge is 2.24. The fourth-order valence-electron chi connectivity index (χ4n) is 3.52. The van der Waals surface area contributed by atoms with Gasteiger partial charge in [0.1, 0.15) is 5.82 Å². The van der Waals surface area contributed by atoms with E-state index in [9.17, 15) is 9.59 Å². The Morgan fingerprint density at radius 3 is 2.66 bits per heavy atom. The summed E-state index contributed by atoms with van der Waals surface area (Å²) in [7, 11) is 0. The minimum Gasteiger partial charge on any atom is -0.326 e. The van der Waals surface area contributed by atoms with Gasteiger partial charge in [-0.25, -0.2) is 4.68 Å². The third-order valence-electron chi connectivity index (χ3n) is 4.94. The molecule has 0 saturated carbocycles. The largest absolute Gasteiger partial charge is 0.326 e. The summed E-state index contributed by atoms with van der Waals surface area (Å²) in [6, 6.07) is 13.4. The van der Waals surface area contributed by atoms with Crippen LogP contribution in [0.25, 0.3) is 11.1 Å². The van der Waals surface area contributed by atoms with Crippen LogP contribution in [0.2, 0.25) is 0 Å². The Kier molecular flexibility index (Phi) is 5.37. The van der Waals surface area contributed by atoms with Gasteiger partial charge in [0.05, 0.1) is 5.69 Å². The Balaban J connectivity index is 1.32. The quantitative estimate of drug-likeness (QED) is 0.725. The van der Waals surface area contributed by atoms with Crippen molar-refractivity contribution in [2.75, 3.05) is 16.8 Å². The zero-order valence-corrected chi connectivity index (χ0v) is 16.3. The summed E-state index contributed by atoms with van der Waals surface area (Å²) in [6.07, 6.45) is 4.72. The van der Waals surface area contributed by atoms with E-state index < -0.39 is 0 Å². The SMILES string of the molecule is Cc1cc2n(n1)CCCN2C(=O)CCC(=O)Nc1ccc(-c2cccnc2)cc1. The third kappa shape index (κ3) is 4.34. The molecular weight excluding hydrogens is 366 g/mol. The molecule has 0 fully saturated rings. The van der Waals surface area contributed by atoms with Gasteiger partial charge in [0, 0.05) is 50.1 Å². The number of aryl methyl sites for hydroxylation is 2. The van der Waals surface area contributed by atoms with Crippen LogP contribution in [0.4, 0.5) is 11.5 Å². The smallest absolute Gasteiger partial charge is 0.228 e. The lowest BCUT2D eigenvalue weighted by atomic mass is 10.1. The van der Waals surface area contributed by atoms with Gasteiger partial charge in [-0.2, -0.15) is 5.10 Å². The Morgan fingerprint density at radius 1 is 1.07 bits per heavy atom. The van der Waals surface area contributed by atoms with Crippen molar-refractivity contribution >= 4 is 23.3 Å². The fraction of sp³-hybridized carbons (Fsp3) is 0.273. The van der Waals surface area contributed by atoms with E-state index in [4.69, 9.17) is 0 Å². The zero-order chi connectivity index (χ0) is 20.2. The summed E-state index contributed by atoms with van der Waals surface area (Å²) < 4.78 is 1.86. The molecule has 3 heterocycles. The summed E-state index contributed by atoms with van der Waals surface area (Å²) in [6.45, 7) is 3.41. The first-order chi connectivity index (χ1) is 14.1. The van der Waals surface area contributed by atoms with Crippen LogP contribution < -0.4 is 10.2 Å². The summed E-state index contributed by atoms with van der Waals surface area (Å²) in [5, 5.41) is 7.26. The van der Waals surface area contributed by atoms with Crippen molar-refractivity contribution in [2.45, 2.75) is 32.7 Å². The van der Waals surface area contributed by atoms with E-state index in [0.29, 0.717) is 12.2 Å². The fourth-order valence-corrected chi connectivity index (χ4v) is 3.52. The van der Waals surface area contributed by atoms with Gasteiger partial charge in [0.2, 0.25) is 11.8 Å². The molecule has 2 amide bonds. The average Bonchev–Trinajstić information content (AvgIpc) is 3.13. The van der Waals surface area contributed by atoms with E-state index in [1.54, 1.807) is 17.3 Å². The molecule has 0 spiro atoms. The molecule has 7 nitrogen and oxygen atoms in total. The normalized spacial score (nSPS) is 13.1. The first-order valence-corrected chi connectivity index (χ1v) is 9.75. The number of amides is 2. The Bertz CT molecular complexity index is 1010. The van der Waals surface area contributed by atoms with Gasteiger partial charge in [-0.1, -0.05) is 18.2 Å². The maximum atomic E-state index is 12.6. The van der Waals surface area contributed by atoms with E-state index in [0.717, 1.165) is 35.6 Å². The molecule has 0 saturated heterocycles. The maximum Gasteiger partial charge on any atom is 0.228 e. The molecule has 4 rings (SSSR count). The predicted octanol–water partition coefficient (Wildman–Crippen LogP) is 3.41. The molecule has 0 atom stereocenters. The molecule has 1 N–H and O–H groups in total. The number of aromatic nitrogens is 3. The molecule has 29 heavy (non-hydrogen) atoms. The molecule has 0 aliphatic carbocycles. The lowest BCUT2D eigenvalue weighted by Gasteiger charge is -2.27. The van der Waals surface area contributed by atoms with Crippen molar-refractivity contribution in [3.05, 3.63) is 60.6 Å². The van der Waals surface area contributed by atoms with Crippen LogP contribution in [0.1, 0.15) is 25.0 Å². The molecule has 2 aromatic heterocycles. The second kappa shape index (κ2) is 8.26. The Morgan fingerprint density at radius 2 is 1.90 bits per heavy atom. The highest BCUT2D eigenvalue weighted by atomic mass is 16.2. The van der Waals surface area contributed by atoms with Crippen molar-refractivity contribution in [1.29, 1.82) is 0 Å². The van der Waals surface area contributed by atoms with Crippen LogP contribution in [0.3, 0.4) is 0 Å². The van der Waals surface area contributed by atoms with Crippen LogP contribution >= 0.6 is 0 Å². The monoisotopic (exact) mass is 389 g/mol. The second-order valence-corrected chi connectivity index (χ2v) is 7.13. The number of carbonyl (C=O) groups is 2. The van der Waals surface area contributed by atoms with Crippen molar-refractivity contribution in [3.8, 4) is 11.1 Å². The number of nitrogens with zero attached hydrogens (tertiary/aromatic N) is 4. The van der Waals surface area contributed by atoms with Crippen LogP contribution in [-0.2, 0) is 16.1 Å². The molecule has 0 bridgehead atoms. The molecule has 3 aromatic rings. The molecular formula is C22H23N5O2. The number of benzene rings is 1. The lowest BCUT2D eigenvalue weighted by Crippen LogP contribution is -2.37. The minimum absolute atomic E-state index is 0.0482. The summed E-state index contributed by atoms with van der Waals surface area (Å²) in [5.74, 6) is 0.604. The van der Waals surface area contributed by atoms with Gasteiger partial charge in [-0.3, -0.25) is 19.5 Å². The summed E-state index contributed by atoms with van der Waals surface area (Å²) in [5.41, 5.74) is 3.66. The second-order valence-electron chi connectivity index (χ2n) is 7.13. The molecule has 148 valence electrons. The molecule has 0 radical (unpaired) electrons.